The average Bonchev–Trinajstić information content (AvgIpc) is 2.38. The molecule has 0 aromatic heterocycles. The van der Waals surface area contributed by atoms with Crippen molar-refractivity contribution in [2.75, 3.05) is 31.6 Å². The van der Waals surface area contributed by atoms with Crippen molar-refractivity contribution < 1.29 is 27.5 Å². The number of aliphatic hydroxyl groups is 1. The Bertz CT molecular complexity index is 511. The van der Waals surface area contributed by atoms with Gasteiger partial charge >= 0.3 is 6.18 Å². The fourth-order valence-corrected chi connectivity index (χ4v) is 1.92. The zero-order valence-electron chi connectivity index (χ0n) is 11.5. The zero-order valence-corrected chi connectivity index (χ0v) is 12.2. The lowest BCUT2D eigenvalue weighted by atomic mass is 10.3. The molecule has 22 heavy (non-hydrogen) atoms. The van der Waals surface area contributed by atoms with Crippen molar-refractivity contribution in [2.24, 2.45) is 0 Å². The fraction of sp³-hybridized carbons (Fsp3) is 0.462. The predicted octanol–water partition coefficient (Wildman–Crippen LogP) is 2.66. The highest BCUT2D eigenvalue weighted by molar-refractivity contribution is 6.31. The number of hydrogen-bond donors (Lipinski definition) is 2. The summed E-state index contributed by atoms with van der Waals surface area (Å²) < 4.78 is 50.2. The van der Waals surface area contributed by atoms with Crippen LogP contribution in [0.5, 0.6) is 0 Å². The first-order valence-electron chi connectivity index (χ1n) is 6.36. The van der Waals surface area contributed by atoms with Gasteiger partial charge in [0, 0.05) is 18.8 Å². The molecule has 0 saturated carbocycles. The topological polar surface area (TPSA) is 52.6 Å². The number of halogens is 5. The molecule has 0 aliphatic heterocycles. The Labute approximate surface area is 129 Å². The van der Waals surface area contributed by atoms with Gasteiger partial charge in [-0.15, -0.1) is 0 Å². The average molecular weight is 343 g/mol. The Hall–Kier alpha value is -1.38. The molecule has 1 aromatic rings. The van der Waals surface area contributed by atoms with Gasteiger partial charge in [-0.2, -0.15) is 13.2 Å². The smallest absolute Gasteiger partial charge is 0.396 e. The summed E-state index contributed by atoms with van der Waals surface area (Å²) in [7, 11) is 0. The molecule has 1 amide bonds. The van der Waals surface area contributed by atoms with Crippen LogP contribution in [-0.2, 0) is 4.79 Å². The number of alkyl halides is 3. The summed E-state index contributed by atoms with van der Waals surface area (Å²) >= 11 is 5.55. The van der Waals surface area contributed by atoms with Crippen molar-refractivity contribution in [3.63, 3.8) is 0 Å². The number of anilines is 1. The van der Waals surface area contributed by atoms with Crippen LogP contribution >= 0.6 is 11.6 Å². The van der Waals surface area contributed by atoms with Crippen molar-refractivity contribution >= 4 is 23.2 Å². The summed E-state index contributed by atoms with van der Waals surface area (Å²) in [5.74, 6) is -1.36. The maximum Gasteiger partial charge on any atom is 0.401 e. The van der Waals surface area contributed by atoms with E-state index in [2.05, 4.69) is 5.32 Å². The van der Waals surface area contributed by atoms with Crippen LogP contribution in [0, 0.1) is 5.82 Å². The third-order valence-corrected chi connectivity index (χ3v) is 2.90. The van der Waals surface area contributed by atoms with E-state index in [1.807, 2.05) is 0 Å². The number of nitrogens with one attached hydrogen (secondary N) is 1. The van der Waals surface area contributed by atoms with Crippen LogP contribution in [0.2, 0.25) is 5.02 Å². The molecule has 1 rings (SSSR count). The number of hydrogen-bond acceptors (Lipinski definition) is 3. The Kier molecular flexibility index (Phi) is 7.05. The fourth-order valence-electron chi connectivity index (χ4n) is 1.74. The van der Waals surface area contributed by atoms with E-state index in [1.165, 1.54) is 6.07 Å². The summed E-state index contributed by atoms with van der Waals surface area (Å²) in [5.41, 5.74) is 0.186. The second kappa shape index (κ2) is 8.30. The van der Waals surface area contributed by atoms with Gasteiger partial charge in [0.1, 0.15) is 5.82 Å². The maximum atomic E-state index is 13.0. The van der Waals surface area contributed by atoms with Crippen molar-refractivity contribution in [3.05, 3.63) is 29.0 Å². The molecule has 124 valence electrons. The third-order valence-electron chi connectivity index (χ3n) is 2.61. The number of nitrogens with zero attached hydrogens (tertiary/aromatic N) is 1. The van der Waals surface area contributed by atoms with Gasteiger partial charge in [-0.1, -0.05) is 11.6 Å². The largest absolute Gasteiger partial charge is 0.401 e. The lowest BCUT2D eigenvalue weighted by Crippen LogP contribution is -2.40. The van der Waals surface area contributed by atoms with Crippen molar-refractivity contribution in [3.8, 4) is 0 Å². The highest BCUT2D eigenvalue weighted by atomic mass is 35.5. The summed E-state index contributed by atoms with van der Waals surface area (Å²) in [6, 6.07) is 3.45. The second-order valence-electron chi connectivity index (χ2n) is 4.58. The Morgan fingerprint density at radius 2 is 2.05 bits per heavy atom. The van der Waals surface area contributed by atoms with E-state index in [0.29, 0.717) is 0 Å². The molecular formula is C13H15ClF4N2O2. The van der Waals surface area contributed by atoms with Crippen LogP contribution in [0.1, 0.15) is 6.42 Å². The minimum Gasteiger partial charge on any atom is -0.396 e. The van der Waals surface area contributed by atoms with E-state index in [4.69, 9.17) is 16.7 Å². The van der Waals surface area contributed by atoms with Gasteiger partial charge in [-0.25, -0.2) is 4.39 Å². The third kappa shape index (κ3) is 7.06. The molecule has 9 heteroatoms. The van der Waals surface area contributed by atoms with Gasteiger partial charge in [0.2, 0.25) is 5.91 Å². The molecule has 0 radical (unpaired) electrons. The van der Waals surface area contributed by atoms with E-state index in [9.17, 15) is 22.4 Å². The molecule has 0 heterocycles. The SMILES string of the molecule is O=C(CN(CCCO)CC(F)(F)F)Nc1ccc(F)c(Cl)c1. The van der Waals surface area contributed by atoms with E-state index in [1.54, 1.807) is 0 Å². The highest BCUT2D eigenvalue weighted by Gasteiger charge is 2.31. The van der Waals surface area contributed by atoms with Crippen LogP contribution in [0.15, 0.2) is 18.2 Å². The molecule has 1 aromatic carbocycles. The summed E-state index contributed by atoms with van der Waals surface area (Å²) in [4.78, 5) is 12.6. The Balaban J connectivity index is 2.63. The lowest BCUT2D eigenvalue weighted by molar-refractivity contribution is -0.148. The molecule has 0 spiro atoms. The molecular weight excluding hydrogens is 328 g/mol. The molecule has 0 unspecified atom stereocenters. The number of carbonyl (C=O) groups is 1. The van der Waals surface area contributed by atoms with E-state index < -0.39 is 31.0 Å². The normalized spacial score (nSPS) is 11.8. The monoisotopic (exact) mass is 342 g/mol. The Morgan fingerprint density at radius 1 is 1.36 bits per heavy atom. The number of rotatable bonds is 7. The Morgan fingerprint density at radius 3 is 2.59 bits per heavy atom. The van der Waals surface area contributed by atoms with Crippen LogP contribution in [0.25, 0.3) is 0 Å². The number of aliphatic hydroxyl groups excluding tert-OH is 1. The van der Waals surface area contributed by atoms with E-state index in [0.717, 1.165) is 17.0 Å². The minimum atomic E-state index is -4.45. The van der Waals surface area contributed by atoms with Crippen LogP contribution in [-0.4, -0.2) is 48.3 Å². The number of carbonyl (C=O) groups excluding carboxylic acids is 1. The standard InChI is InChI=1S/C13H15ClF4N2O2/c14-10-6-9(2-3-11(10)15)19-12(22)7-20(4-1-5-21)8-13(16,17)18/h2-3,6,21H,1,4-5,7-8H2,(H,19,22). The number of amides is 1. The zero-order chi connectivity index (χ0) is 16.8. The quantitative estimate of drug-likeness (QED) is 0.749. The first-order valence-corrected chi connectivity index (χ1v) is 6.74. The molecule has 0 aliphatic carbocycles. The molecule has 4 nitrogen and oxygen atoms in total. The van der Waals surface area contributed by atoms with Crippen LogP contribution < -0.4 is 5.32 Å². The van der Waals surface area contributed by atoms with E-state index >= 15 is 0 Å². The lowest BCUT2D eigenvalue weighted by Gasteiger charge is -2.22. The van der Waals surface area contributed by atoms with Crippen LogP contribution in [0.4, 0.5) is 23.2 Å². The maximum absolute atomic E-state index is 13.0. The first kappa shape index (κ1) is 18.7. The molecule has 0 bridgehead atoms. The molecule has 0 aliphatic rings. The summed E-state index contributed by atoms with van der Waals surface area (Å²) in [6.07, 6.45) is -4.33. The number of benzene rings is 1. The van der Waals surface area contributed by atoms with Gasteiger partial charge < -0.3 is 10.4 Å². The van der Waals surface area contributed by atoms with Gasteiger partial charge in [0.25, 0.3) is 0 Å². The summed E-state index contributed by atoms with van der Waals surface area (Å²) in [5, 5.41) is 10.8. The highest BCUT2D eigenvalue weighted by Crippen LogP contribution is 2.20. The van der Waals surface area contributed by atoms with Crippen molar-refractivity contribution in [1.82, 2.24) is 4.90 Å². The predicted molar refractivity (Wildman–Crippen MR) is 74.2 cm³/mol. The molecule has 0 saturated heterocycles. The van der Waals surface area contributed by atoms with Gasteiger partial charge in [-0.3, -0.25) is 9.69 Å². The molecule has 2 N–H and O–H groups in total. The first-order chi connectivity index (χ1) is 10.2. The molecule has 0 atom stereocenters. The van der Waals surface area contributed by atoms with Gasteiger partial charge in [-0.05, 0) is 24.6 Å². The van der Waals surface area contributed by atoms with Crippen molar-refractivity contribution in [1.29, 1.82) is 0 Å². The van der Waals surface area contributed by atoms with Gasteiger partial charge in [0.05, 0.1) is 18.1 Å². The minimum absolute atomic E-state index is 0.0758. The van der Waals surface area contributed by atoms with Gasteiger partial charge in [0.15, 0.2) is 0 Å². The summed E-state index contributed by atoms with van der Waals surface area (Å²) in [6.45, 7) is -2.11. The molecule has 0 fully saturated rings. The second-order valence-corrected chi connectivity index (χ2v) is 4.99. The van der Waals surface area contributed by atoms with Crippen molar-refractivity contribution in [2.45, 2.75) is 12.6 Å². The van der Waals surface area contributed by atoms with Crippen LogP contribution in [0.3, 0.4) is 0 Å². The van der Waals surface area contributed by atoms with E-state index in [-0.39, 0.29) is 30.3 Å².